The highest BCUT2D eigenvalue weighted by molar-refractivity contribution is 5.75. The van der Waals surface area contributed by atoms with Crippen molar-refractivity contribution in [2.24, 2.45) is 29.6 Å². The second kappa shape index (κ2) is 3.47. The highest BCUT2D eigenvalue weighted by Gasteiger charge is 2.46. The van der Waals surface area contributed by atoms with Crippen molar-refractivity contribution in [3.05, 3.63) is 24.3 Å². The molecule has 4 unspecified atom stereocenters. The van der Waals surface area contributed by atoms with Gasteiger partial charge in [-0.1, -0.05) is 24.3 Å². The Morgan fingerprint density at radius 3 is 1.76 bits per heavy atom. The van der Waals surface area contributed by atoms with E-state index < -0.39 is 0 Å². The molecule has 0 amide bonds. The van der Waals surface area contributed by atoms with E-state index in [-0.39, 0.29) is 18.0 Å². The molecular weight excluding hydrogens is 212 g/mol. The zero-order valence-electron chi connectivity index (χ0n) is 9.92. The molecule has 4 atom stereocenters. The van der Waals surface area contributed by atoms with Gasteiger partial charge in [-0.05, 0) is 37.5 Å². The molecule has 4 bridgehead atoms. The van der Waals surface area contributed by atoms with Gasteiger partial charge in [-0.15, -0.1) is 0 Å². The van der Waals surface area contributed by atoms with Crippen LogP contribution in [0.3, 0.4) is 0 Å². The molecule has 2 fully saturated rings. The number of fused-ring (bicyclic) bond motifs is 4. The molecule has 90 valence electrons. The van der Waals surface area contributed by atoms with Crippen LogP contribution in [-0.4, -0.2) is 12.1 Å². The third kappa shape index (κ3) is 1.36. The first-order valence-electron chi connectivity index (χ1n) is 6.90. The molecule has 17 heavy (non-hydrogen) atoms. The Kier molecular flexibility index (Phi) is 2.03. The van der Waals surface area contributed by atoms with E-state index in [9.17, 15) is 4.79 Å². The zero-order chi connectivity index (χ0) is 11.4. The van der Waals surface area contributed by atoms with Crippen LogP contribution in [0.5, 0.6) is 0 Å². The van der Waals surface area contributed by atoms with Crippen LogP contribution in [0.25, 0.3) is 0 Å². The molecule has 2 nitrogen and oxygen atoms in total. The summed E-state index contributed by atoms with van der Waals surface area (Å²) >= 11 is 0. The quantitative estimate of drug-likeness (QED) is 0.538. The Hall–Kier alpha value is -1.05. The third-order valence-corrected chi connectivity index (χ3v) is 5.17. The molecule has 0 N–H and O–H groups in total. The van der Waals surface area contributed by atoms with E-state index in [1.165, 1.54) is 25.7 Å². The molecule has 0 heterocycles. The van der Waals surface area contributed by atoms with Crippen molar-refractivity contribution in [3.63, 3.8) is 0 Å². The van der Waals surface area contributed by atoms with Crippen LogP contribution >= 0.6 is 0 Å². The molecule has 0 aromatic rings. The van der Waals surface area contributed by atoms with Gasteiger partial charge in [-0.3, -0.25) is 4.79 Å². The predicted octanol–water partition coefficient (Wildman–Crippen LogP) is 2.71. The number of rotatable bonds is 2. The molecule has 0 aromatic carbocycles. The molecule has 0 aliphatic heterocycles. The van der Waals surface area contributed by atoms with Gasteiger partial charge in [0.2, 0.25) is 0 Å². The van der Waals surface area contributed by atoms with Gasteiger partial charge in [-0.2, -0.15) is 0 Å². The molecule has 4 aliphatic carbocycles. The van der Waals surface area contributed by atoms with Gasteiger partial charge < -0.3 is 4.74 Å². The first-order valence-corrected chi connectivity index (χ1v) is 6.90. The minimum Gasteiger partial charge on any atom is -0.461 e. The Bertz CT molecular complexity index is 381. The highest BCUT2D eigenvalue weighted by atomic mass is 16.5. The summed E-state index contributed by atoms with van der Waals surface area (Å²) in [5, 5.41) is 0. The maximum atomic E-state index is 12.3. The fourth-order valence-corrected chi connectivity index (χ4v) is 4.24. The fourth-order valence-electron chi connectivity index (χ4n) is 4.24. The number of ether oxygens (including phenoxy) is 1. The number of hydrogen-bond donors (Lipinski definition) is 0. The Morgan fingerprint density at radius 1 is 0.824 bits per heavy atom. The normalized spacial score (nSPS) is 49.2. The molecule has 2 heteroatoms. The average molecular weight is 230 g/mol. The van der Waals surface area contributed by atoms with Gasteiger partial charge in [0.1, 0.15) is 6.10 Å². The minimum absolute atomic E-state index is 0.0769. The molecule has 4 rings (SSSR count). The van der Waals surface area contributed by atoms with E-state index in [4.69, 9.17) is 4.74 Å². The fraction of sp³-hybridized carbons (Fsp3) is 0.667. The predicted molar refractivity (Wildman–Crippen MR) is 64.1 cm³/mol. The van der Waals surface area contributed by atoms with Gasteiger partial charge >= 0.3 is 5.97 Å². The summed E-state index contributed by atoms with van der Waals surface area (Å²) in [6, 6.07) is 0. The van der Waals surface area contributed by atoms with Gasteiger partial charge in [0, 0.05) is 11.8 Å². The number of esters is 1. The Labute approximate surface area is 102 Å². The summed E-state index contributed by atoms with van der Waals surface area (Å²) < 4.78 is 5.82. The number of carbonyl (C=O) groups is 1. The van der Waals surface area contributed by atoms with Gasteiger partial charge in [-0.25, -0.2) is 0 Å². The maximum Gasteiger partial charge on any atom is 0.310 e. The second-order valence-electron chi connectivity index (χ2n) is 6.01. The van der Waals surface area contributed by atoms with E-state index in [0.29, 0.717) is 23.7 Å². The van der Waals surface area contributed by atoms with E-state index in [2.05, 4.69) is 24.3 Å². The SMILES string of the molecule is O=C(OC1C2C=CC1CC2)C1C2C=CC1CC2. The number of allylic oxidation sites excluding steroid dienone is 2. The standard InChI is InChI=1S/C15H18O2/c16-15(13-9-1-2-10(13)4-3-9)17-14-11-5-6-12(14)8-7-11/h1-2,5-6,9-14H,3-4,7-8H2. The van der Waals surface area contributed by atoms with Crippen LogP contribution < -0.4 is 0 Å². The van der Waals surface area contributed by atoms with Crippen LogP contribution in [0, 0.1) is 29.6 Å². The van der Waals surface area contributed by atoms with Crippen molar-refractivity contribution >= 4 is 5.97 Å². The van der Waals surface area contributed by atoms with Crippen molar-refractivity contribution < 1.29 is 9.53 Å². The lowest BCUT2D eigenvalue weighted by atomic mass is 9.96. The lowest BCUT2D eigenvalue weighted by Crippen LogP contribution is -2.30. The van der Waals surface area contributed by atoms with Crippen LogP contribution in [0.15, 0.2) is 24.3 Å². The van der Waals surface area contributed by atoms with Crippen molar-refractivity contribution in [1.82, 2.24) is 0 Å². The van der Waals surface area contributed by atoms with Crippen molar-refractivity contribution in [2.75, 3.05) is 0 Å². The average Bonchev–Trinajstić information content (AvgIpc) is 3.09. The molecule has 0 radical (unpaired) electrons. The molecule has 4 aliphatic rings. The Balaban J connectivity index is 1.46. The van der Waals surface area contributed by atoms with Crippen molar-refractivity contribution in [1.29, 1.82) is 0 Å². The largest absolute Gasteiger partial charge is 0.461 e. The summed E-state index contributed by atoms with van der Waals surface area (Å²) in [6.45, 7) is 0. The maximum absolute atomic E-state index is 12.3. The number of hydrogen-bond acceptors (Lipinski definition) is 2. The second-order valence-corrected chi connectivity index (χ2v) is 6.01. The van der Waals surface area contributed by atoms with E-state index in [0.717, 1.165) is 0 Å². The van der Waals surface area contributed by atoms with E-state index in [1.54, 1.807) is 0 Å². The van der Waals surface area contributed by atoms with Crippen molar-refractivity contribution in [3.8, 4) is 0 Å². The monoisotopic (exact) mass is 230 g/mol. The molecule has 0 saturated heterocycles. The molecule has 0 spiro atoms. The lowest BCUT2D eigenvalue weighted by molar-refractivity contribution is -0.157. The van der Waals surface area contributed by atoms with Crippen LogP contribution in [0.1, 0.15) is 25.7 Å². The lowest BCUT2D eigenvalue weighted by Gasteiger charge is -2.21. The Morgan fingerprint density at radius 2 is 1.29 bits per heavy atom. The molecule has 0 aromatic heterocycles. The third-order valence-electron chi connectivity index (χ3n) is 5.17. The zero-order valence-corrected chi connectivity index (χ0v) is 9.92. The molecule has 2 saturated carbocycles. The minimum atomic E-state index is 0.0769. The van der Waals surface area contributed by atoms with Crippen LogP contribution in [0.2, 0.25) is 0 Å². The first-order chi connectivity index (χ1) is 8.33. The van der Waals surface area contributed by atoms with Crippen LogP contribution in [-0.2, 0) is 9.53 Å². The first kappa shape index (κ1) is 9.93. The number of carbonyl (C=O) groups excluding carboxylic acids is 1. The summed E-state index contributed by atoms with van der Waals surface area (Å²) in [4.78, 5) is 12.3. The van der Waals surface area contributed by atoms with Gasteiger partial charge in [0.25, 0.3) is 0 Å². The highest BCUT2D eigenvalue weighted by Crippen LogP contribution is 2.47. The van der Waals surface area contributed by atoms with E-state index in [1.807, 2.05) is 0 Å². The summed E-state index contributed by atoms with van der Waals surface area (Å²) in [7, 11) is 0. The summed E-state index contributed by atoms with van der Waals surface area (Å²) in [5.74, 6) is 2.19. The van der Waals surface area contributed by atoms with Gasteiger partial charge in [0.05, 0.1) is 5.92 Å². The summed E-state index contributed by atoms with van der Waals surface area (Å²) in [5.41, 5.74) is 0. The topological polar surface area (TPSA) is 26.3 Å². The smallest absolute Gasteiger partial charge is 0.310 e. The van der Waals surface area contributed by atoms with Crippen molar-refractivity contribution in [2.45, 2.75) is 31.8 Å². The van der Waals surface area contributed by atoms with E-state index >= 15 is 0 Å². The van der Waals surface area contributed by atoms with Gasteiger partial charge in [0.15, 0.2) is 0 Å². The summed E-state index contributed by atoms with van der Waals surface area (Å²) in [6.07, 6.45) is 13.9. The van der Waals surface area contributed by atoms with Crippen LogP contribution in [0.4, 0.5) is 0 Å². The molecular formula is C15H18O2.